The molecule has 0 aliphatic carbocycles. The zero-order valence-electron chi connectivity index (χ0n) is 12.1. The summed E-state index contributed by atoms with van der Waals surface area (Å²) in [6, 6.07) is 0.550. The molecule has 0 aliphatic heterocycles. The van der Waals surface area contributed by atoms with Gasteiger partial charge in [-0.25, -0.2) is 0 Å². The van der Waals surface area contributed by atoms with Crippen LogP contribution in [0.5, 0.6) is 0 Å². The van der Waals surface area contributed by atoms with E-state index in [1.165, 1.54) is 35.8 Å². The molecular weight excluding hydrogens is 290 g/mol. The molecule has 1 rings (SSSR count). The summed E-state index contributed by atoms with van der Waals surface area (Å²) in [7, 11) is 2.06. The molecule has 0 aromatic carbocycles. The largest absolute Gasteiger partial charge is 0.317 e. The molecule has 0 amide bonds. The van der Waals surface area contributed by atoms with Gasteiger partial charge in [-0.3, -0.25) is 4.68 Å². The van der Waals surface area contributed by atoms with E-state index in [0.717, 1.165) is 18.7 Å². The van der Waals surface area contributed by atoms with Gasteiger partial charge in [0.15, 0.2) is 0 Å². The van der Waals surface area contributed by atoms with E-state index in [-0.39, 0.29) is 0 Å². The number of likely N-dealkylation sites (N-methyl/N-ethyl adjacent to an activating group) is 1. The van der Waals surface area contributed by atoms with Crippen molar-refractivity contribution in [2.24, 2.45) is 0 Å². The molecule has 4 heteroatoms. The van der Waals surface area contributed by atoms with Gasteiger partial charge in [0.05, 0.1) is 15.9 Å². The van der Waals surface area contributed by atoms with Crippen molar-refractivity contribution in [1.29, 1.82) is 0 Å². The van der Waals surface area contributed by atoms with Crippen LogP contribution in [0.2, 0.25) is 0 Å². The third-order valence-electron chi connectivity index (χ3n) is 3.46. The van der Waals surface area contributed by atoms with Crippen molar-refractivity contribution in [2.45, 2.75) is 65.5 Å². The van der Waals surface area contributed by atoms with Crippen LogP contribution in [-0.4, -0.2) is 22.9 Å². The standard InChI is InChI=1S/C14H26BrN3/c1-5-7-8-9-12(16-4)10-13-14(15)11(3)17-18(13)6-2/h12,16H,5-10H2,1-4H3. The van der Waals surface area contributed by atoms with E-state index in [0.29, 0.717) is 6.04 Å². The van der Waals surface area contributed by atoms with Crippen LogP contribution in [0.15, 0.2) is 4.47 Å². The first-order chi connectivity index (χ1) is 8.63. The lowest BCUT2D eigenvalue weighted by Crippen LogP contribution is -2.28. The van der Waals surface area contributed by atoms with Crippen LogP contribution >= 0.6 is 15.9 Å². The molecule has 0 radical (unpaired) electrons. The third-order valence-corrected chi connectivity index (χ3v) is 4.49. The second kappa shape index (κ2) is 7.95. The van der Waals surface area contributed by atoms with Crippen LogP contribution < -0.4 is 5.32 Å². The molecule has 0 spiro atoms. The van der Waals surface area contributed by atoms with E-state index in [4.69, 9.17) is 0 Å². The lowest BCUT2D eigenvalue weighted by Gasteiger charge is -2.17. The molecule has 1 atom stereocenters. The number of hydrogen-bond donors (Lipinski definition) is 1. The van der Waals surface area contributed by atoms with Crippen molar-refractivity contribution in [3.05, 3.63) is 15.9 Å². The van der Waals surface area contributed by atoms with E-state index >= 15 is 0 Å². The lowest BCUT2D eigenvalue weighted by molar-refractivity contribution is 0.471. The summed E-state index contributed by atoms with van der Waals surface area (Å²) < 4.78 is 3.30. The zero-order chi connectivity index (χ0) is 13.5. The summed E-state index contributed by atoms with van der Waals surface area (Å²) in [4.78, 5) is 0. The Bertz CT molecular complexity index is 360. The van der Waals surface area contributed by atoms with Gasteiger partial charge in [-0.05, 0) is 43.2 Å². The first kappa shape index (κ1) is 15.7. The smallest absolute Gasteiger partial charge is 0.0738 e. The minimum absolute atomic E-state index is 0.550. The minimum atomic E-state index is 0.550. The number of rotatable bonds is 8. The number of aromatic nitrogens is 2. The number of halogens is 1. The molecular formula is C14H26BrN3. The van der Waals surface area contributed by atoms with Gasteiger partial charge in [0.2, 0.25) is 0 Å². The lowest BCUT2D eigenvalue weighted by atomic mass is 10.0. The highest BCUT2D eigenvalue weighted by Gasteiger charge is 2.16. The second-order valence-electron chi connectivity index (χ2n) is 4.85. The van der Waals surface area contributed by atoms with Gasteiger partial charge in [-0.2, -0.15) is 5.10 Å². The van der Waals surface area contributed by atoms with Crippen LogP contribution in [0.25, 0.3) is 0 Å². The van der Waals surface area contributed by atoms with E-state index < -0.39 is 0 Å². The Kier molecular flexibility index (Phi) is 6.94. The minimum Gasteiger partial charge on any atom is -0.317 e. The monoisotopic (exact) mass is 315 g/mol. The fraction of sp³-hybridized carbons (Fsp3) is 0.786. The average Bonchev–Trinajstić information content (AvgIpc) is 2.65. The molecule has 1 aromatic heterocycles. The van der Waals surface area contributed by atoms with E-state index in [2.05, 4.69) is 58.8 Å². The summed E-state index contributed by atoms with van der Waals surface area (Å²) in [5.74, 6) is 0. The Balaban J connectivity index is 2.68. The summed E-state index contributed by atoms with van der Waals surface area (Å²) >= 11 is 3.67. The third kappa shape index (κ3) is 4.09. The molecule has 0 fully saturated rings. The summed E-state index contributed by atoms with van der Waals surface area (Å²) in [6.07, 6.45) is 6.20. The molecule has 0 bridgehead atoms. The first-order valence-electron chi connectivity index (χ1n) is 7.03. The van der Waals surface area contributed by atoms with Gasteiger partial charge in [0.1, 0.15) is 0 Å². The Labute approximate surface area is 119 Å². The van der Waals surface area contributed by atoms with Gasteiger partial charge in [-0.15, -0.1) is 0 Å². The van der Waals surface area contributed by atoms with Gasteiger partial charge < -0.3 is 5.32 Å². The van der Waals surface area contributed by atoms with Crippen molar-refractivity contribution in [1.82, 2.24) is 15.1 Å². The van der Waals surface area contributed by atoms with Crippen molar-refractivity contribution < 1.29 is 0 Å². The number of nitrogens with zero attached hydrogens (tertiary/aromatic N) is 2. The van der Waals surface area contributed by atoms with E-state index in [1.54, 1.807) is 0 Å². The van der Waals surface area contributed by atoms with Crippen molar-refractivity contribution in [3.63, 3.8) is 0 Å². The summed E-state index contributed by atoms with van der Waals surface area (Å²) in [5, 5.41) is 7.99. The van der Waals surface area contributed by atoms with Crippen LogP contribution in [0.1, 0.15) is 50.9 Å². The molecule has 0 aliphatic rings. The number of nitrogens with one attached hydrogen (secondary N) is 1. The Morgan fingerprint density at radius 3 is 2.61 bits per heavy atom. The van der Waals surface area contributed by atoms with E-state index in [9.17, 15) is 0 Å². The molecule has 1 heterocycles. The molecule has 1 N–H and O–H groups in total. The molecule has 1 aromatic rings. The van der Waals surface area contributed by atoms with Crippen molar-refractivity contribution in [2.75, 3.05) is 7.05 Å². The van der Waals surface area contributed by atoms with Gasteiger partial charge in [0.25, 0.3) is 0 Å². The number of hydrogen-bond acceptors (Lipinski definition) is 2. The van der Waals surface area contributed by atoms with Gasteiger partial charge in [-0.1, -0.05) is 26.2 Å². The highest BCUT2D eigenvalue weighted by atomic mass is 79.9. The topological polar surface area (TPSA) is 29.9 Å². The highest BCUT2D eigenvalue weighted by molar-refractivity contribution is 9.10. The average molecular weight is 316 g/mol. The van der Waals surface area contributed by atoms with Gasteiger partial charge in [0, 0.05) is 19.0 Å². The number of unbranched alkanes of at least 4 members (excludes halogenated alkanes) is 2. The maximum atomic E-state index is 4.55. The van der Waals surface area contributed by atoms with Crippen LogP contribution in [0, 0.1) is 6.92 Å². The van der Waals surface area contributed by atoms with Crippen LogP contribution in [0.4, 0.5) is 0 Å². The van der Waals surface area contributed by atoms with E-state index in [1.807, 2.05) is 0 Å². The maximum Gasteiger partial charge on any atom is 0.0738 e. The normalized spacial score (nSPS) is 12.9. The van der Waals surface area contributed by atoms with Crippen molar-refractivity contribution >= 4 is 15.9 Å². The Morgan fingerprint density at radius 2 is 2.06 bits per heavy atom. The second-order valence-corrected chi connectivity index (χ2v) is 5.64. The SMILES string of the molecule is CCCCCC(Cc1c(Br)c(C)nn1CC)NC. The van der Waals surface area contributed by atoms with Crippen LogP contribution in [-0.2, 0) is 13.0 Å². The molecule has 3 nitrogen and oxygen atoms in total. The Hall–Kier alpha value is -0.350. The summed E-state index contributed by atoms with van der Waals surface area (Å²) in [5.41, 5.74) is 2.42. The molecule has 0 saturated heterocycles. The molecule has 18 heavy (non-hydrogen) atoms. The quantitative estimate of drug-likeness (QED) is 0.741. The molecule has 104 valence electrons. The predicted molar refractivity (Wildman–Crippen MR) is 81.0 cm³/mol. The number of aryl methyl sites for hydroxylation is 2. The fourth-order valence-corrected chi connectivity index (χ4v) is 2.73. The maximum absolute atomic E-state index is 4.55. The van der Waals surface area contributed by atoms with Crippen LogP contribution in [0.3, 0.4) is 0 Å². The molecule has 0 saturated carbocycles. The first-order valence-corrected chi connectivity index (χ1v) is 7.82. The highest BCUT2D eigenvalue weighted by Crippen LogP contribution is 2.23. The van der Waals surface area contributed by atoms with Gasteiger partial charge >= 0.3 is 0 Å². The fourth-order valence-electron chi connectivity index (χ4n) is 2.29. The predicted octanol–water partition coefficient (Wildman–Crippen LogP) is 3.68. The summed E-state index contributed by atoms with van der Waals surface area (Å²) in [6.45, 7) is 7.40. The molecule has 1 unspecified atom stereocenters. The van der Waals surface area contributed by atoms with Crippen molar-refractivity contribution in [3.8, 4) is 0 Å². The zero-order valence-corrected chi connectivity index (χ0v) is 13.7. The Morgan fingerprint density at radius 1 is 1.33 bits per heavy atom.